The summed E-state index contributed by atoms with van der Waals surface area (Å²) in [5, 5.41) is 0. The minimum atomic E-state index is -0.392. The first-order valence-electron chi connectivity index (χ1n) is 5.04. The second-order valence-corrected chi connectivity index (χ2v) is 3.66. The van der Waals surface area contributed by atoms with Crippen molar-refractivity contribution in [2.75, 3.05) is 5.73 Å². The molecule has 2 aromatic carbocycles. The van der Waals surface area contributed by atoms with Crippen LogP contribution in [0.4, 0.5) is 10.1 Å². The molecule has 3 heteroatoms. The summed E-state index contributed by atoms with van der Waals surface area (Å²) >= 11 is 0. The van der Waals surface area contributed by atoms with Crippen LogP contribution in [0.15, 0.2) is 48.5 Å². The van der Waals surface area contributed by atoms with E-state index in [1.165, 1.54) is 12.1 Å². The largest absolute Gasteiger partial charge is 0.398 e. The van der Waals surface area contributed by atoms with Crippen LogP contribution in [0.3, 0.4) is 0 Å². The molecule has 0 fully saturated rings. The Morgan fingerprint density at radius 1 is 1.00 bits per heavy atom. The molecule has 82 valence electrons. The molecule has 1 atom stereocenters. The lowest BCUT2D eigenvalue weighted by Crippen LogP contribution is -2.13. The summed E-state index contributed by atoms with van der Waals surface area (Å²) in [5.41, 5.74) is 14.0. The molecule has 0 radical (unpaired) electrons. The Hall–Kier alpha value is -1.87. The SMILES string of the molecule is Nc1ccccc1C(N)c1cccc(F)c1. The monoisotopic (exact) mass is 216 g/mol. The summed E-state index contributed by atoms with van der Waals surface area (Å²) in [6.45, 7) is 0. The van der Waals surface area contributed by atoms with E-state index in [2.05, 4.69) is 0 Å². The van der Waals surface area contributed by atoms with Crippen molar-refractivity contribution in [2.24, 2.45) is 5.73 Å². The minimum Gasteiger partial charge on any atom is -0.398 e. The topological polar surface area (TPSA) is 52.0 Å². The number of benzene rings is 2. The van der Waals surface area contributed by atoms with Crippen LogP contribution in [0.25, 0.3) is 0 Å². The van der Waals surface area contributed by atoms with Crippen molar-refractivity contribution in [1.29, 1.82) is 0 Å². The Morgan fingerprint density at radius 2 is 1.75 bits per heavy atom. The van der Waals surface area contributed by atoms with Gasteiger partial charge in [0.15, 0.2) is 0 Å². The van der Waals surface area contributed by atoms with E-state index in [4.69, 9.17) is 11.5 Å². The van der Waals surface area contributed by atoms with Crippen molar-refractivity contribution in [3.8, 4) is 0 Å². The quantitative estimate of drug-likeness (QED) is 0.757. The Kier molecular flexibility index (Phi) is 2.88. The second-order valence-electron chi connectivity index (χ2n) is 3.66. The fourth-order valence-electron chi connectivity index (χ4n) is 1.67. The van der Waals surface area contributed by atoms with Crippen molar-refractivity contribution in [1.82, 2.24) is 0 Å². The summed E-state index contributed by atoms with van der Waals surface area (Å²) in [4.78, 5) is 0. The molecule has 2 rings (SSSR count). The van der Waals surface area contributed by atoms with E-state index < -0.39 is 6.04 Å². The van der Waals surface area contributed by atoms with Crippen molar-refractivity contribution in [3.63, 3.8) is 0 Å². The van der Waals surface area contributed by atoms with Gasteiger partial charge in [-0.2, -0.15) is 0 Å². The van der Waals surface area contributed by atoms with Gasteiger partial charge in [0, 0.05) is 5.69 Å². The van der Waals surface area contributed by atoms with Gasteiger partial charge in [-0.25, -0.2) is 4.39 Å². The first kappa shape index (κ1) is 10.6. The van der Waals surface area contributed by atoms with Crippen molar-refractivity contribution < 1.29 is 4.39 Å². The molecule has 1 unspecified atom stereocenters. The molecule has 0 amide bonds. The van der Waals surface area contributed by atoms with Crippen LogP contribution in [0.1, 0.15) is 17.2 Å². The normalized spacial score (nSPS) is 12.4. The molecule has 0 heterocycles. The summed E-state index contributed by atoms with van der Waals surface area (Å²) in [6.07, 6.45) is 0. The van der Waals surface area contributed by atoms with Gasteiger partial charge >= 0.3 is 0 Å². The Balaban J connectivity index is 2.39. The fraction of sp³-hybridized carbons (Fsp3) is 0.0769. The van der Waals surface area contributed by atoms with Crippen LogP contribution in [0.2, 0.25) is 0 Å². The van der Waals surface area contributed by atoms with Gasteiger partial charge in [-0.3, -0.25) is 0 Å². The molecule has 0 spiro atoms. The van der Waals surface area contributed by atoms with Gasteiger partial charge in [0.05, 0.1) is 6.04 Å². The maximum Gasteiger partial charge on any atom is 0.123 e. The van der Waals surface area contributed by atoms with Crippen LogP contribution in [0, 0.1) is 5.82 Å². The van der Waals surface area contributed by atoms with E-state index in [1.54, 1.807) is 18.2 Å². The number of nitrogens with two attached hydrogens (primary N) is 2. The number of hydrogen-bond donors (Lipinski definition) is 2. The molecular formula is C13H13FN2. The second kappa shape index (κ2) is 4.33. The van der Waals surface area contributed by atoms with Crippen LogP contribution >= 0.6 is 0 Å². The lowest BCUT2D eigenvalue weighted by molar-refractivity contribution is 0.623. The number of anilines is 1. The molecule has 0 bridgehead atoms. The summed E-state index contributed by atoms with van der Waals surface area (Å²) < 4.78 is 13.1. The van der Waals surface area contributed by atoms with E-state index in [1.807, 2.05) is 18.2 Å². The highest BCUT2D eigenvalue weighted by atomic mass is 19.1. The van der Waals surface area contributed by atoms with Gasteiger partial charge in [0.2, 0.25) is 0 Å². The molecule has 4 N–H and O–H groups in total. The Morgan fingerprint density at radius 3 is 2.44 bits per heavy atom. The average Bonchev–Trinajstić information content (AvgIpc) is 2.29. The molecule has 0 saturated carbocycles. The van der Waals surface area contributed by atoms with Crippen LogP contribution < -0.4 is 11.5 Å². The molecule has 0 aliphatic rings. The first-order chi connectivity index (χ1) is 7.68. The van der Waals surface area contributed by atoms with Gasteiger partial charge in [0.1, 0.15) is 5.82 Å². The van der Waals surface area contributed by atoms with E-state index >= 15 is 0 Å². The van der Waals surface area contributed by atoms with Crippen LogP contribution in [-0.2, 0) is 0 Å². The molecule has 2 aromatic rings. The van der Waals surface area contributed by atoms with Gasteiger partial charge < -0.3 is 11.5 Å². The van der Waals surface area contributed by atoms with Crippen molar-refractivity contribution >= 4 is 5.69 Å². The third-order valence-corrected chi connectivity index (χ3v) is 2.54. The van der Waals surface area contributed by atoms with E-state index in [0.29, 0.717) is 5.69 Å². The summed E-state index contributed by atoms with van der Waals surface area (Å²) in [7, 11) is 0. The zero-order valence-corrected chi connectivity index (χ0v) is 8.73. The minimum absolute atomic E-state index is 0.289. The highest BCUT2D eigenvalue weighted by Crippen LogP contribution is 2.24. The lowest BCUT2D eigenvalue weighted by atomic mass is 9.98. The highest BCUT2D eigenvalue weighted by Gasteiger charge is 2.11. The Bertz CT molecular complexity index is 497. The van der Waals surface area contributed by atoms with Gasteiger partial charge in [0.25, 0.3) is 0 Å². The number of nitrogen functional groups attached to an aromatic ring is 1. The maximum atomic E-state index is 13.1. The fourth-order valence-corrected chi connectivity index (χ4v) is 1.67. The van der Waals surface area contributed by atoms with E-state index in [0.717, 1.165) is 11.1 Å². The average molecular weight is 216 g/mol. The molecular weight excluding hydrogens is 203 g/mol. The van der Waals surface area contributed by atoms with Gasteiger partial charge in [-0.1, -0.05) is 30.3 Å². The van der Waals surface area contributed by atoms with E-state index in [9.17, 15) is 4.39 Å². The summed E-state index contributed by atoms with van der Waals surface area (Å²) in [5.74, 6) is -0.289. The van der Waals surface area contributed by atoms with E-state index in [-0.39, 0.29) is 5.82 Å². The number of hydrogen-bond acceptors (Lipinski definition) is 2. The number of para-hydroxylation sites is 1. The molecule has 0 aliphatic carbocycles. The standard InChI is InChI=1S/C13H13FN2/c14-10-5-3-4-9(8-10)13(16)11-6-1-2-7-12(11)15/h1-8,13H,15-16H2. The lowest BCUT2D eigenvalue weighted by Gasteiger charge is -2.14. The van der Waals surface area contributed by atoms with Gasteiger partial charge in [-0.15, -0.1) is 0 Å². The smallest absolute Gasteiger partial charge is 0.123 e. The van der Waals surface area contributed by atoms with Gasteiger partial charge in [-0.05, 0) is 29.3 Å². The Labute approximate surface area is 93.7 Å². The van der Waals surface area contributed by atoms with Crippen LogP contribution in [0.5, 0.6) is 0 Å². The molecule has 0 aliphatic heterocycles. The predicted molar refractivity (Wildman–Crippen MR) is 63.3 cm³/mol. The predicted octanol–water partition coefficient (Wildman–Crippen LogP) is 2.46. The number of rotatable bonds is 2. The molecule has 0 saturated heterocycles. The van der Waals surface area contributed by atoms with Crippen LogP contribution in [-0.4, -0.2) is 0 Å². The molecule has 16 heavy (non-hydrogen) atoms. The highest BCUT2D eigenvalue weighted by molar-refractivity contribution is 5.50. The number of halogens is 1. The first-order valence-corrected chi connectivity index (χ1v) is 5.04. The van der Waals surface area contributed by atoms with Crippen molar-refractivity contribution in [3.05, 3.63) is 65.5 Å². The third kappa shape index (κ3) is 2.04. The zero-order valence-electron chi connectivity index (χ0n) is 8.73. The third-order valence-electron chi connectivity index (χ3n) is 2.54. The van der Waals surface area contributed by atoms with Crippen molar-refractivity contribution in [2.45, 2.75) is 6.04 Å². The zero-order chi connectivity index (χ0) is 11.5. The maximum absolute atomic E-state index is 13.1. The summed E-state index contributed by atoms with van der Waals surface area (Å²) in [6, 6.07) is 13.2. The molecule has 0 aromatic heterocycles. The molecule has 2 nitrogen and oxygen atoms in total.